The molecule has 1 saturated carbocycles. The largest absolute Gasteiger partial charge is 0.497 e. The average Bonchev–Trinajstić information content (AvgIpc) is 3.39. The highest BCUT2D eigenvalue weighted by atomic mass is 32.2. The molecule has 0 saturated heterocycles. The van der Waals surface area contributed by atoms with Crippen molar-refractivity contribution < 1.29 is 9.53 Å². The summed E-state index contributed by atoms with van der Waals surface area (Å²) in [6, 6.07) is 6.51. The fourth-order valence-corrected chi connectivity index (χ4v) is 4.07. The van der Waals surface area contributed by atoms with Gasteiger partial charge in [-0.2, -0.15) is 0 Å². The van der Waals surface area contributed by atoms with Gasteiger partial charge in [0.05, 0.1) is 18.4 Å². The Morgan fingerprint density at radius 3 is 2.96 bits per heavy atom. The lowest BCUT2D eigenvalue weighted by Crippen LogP contribution is -2.40. The maximum Gasteiger partial charge on any atom is 0.236 e. The SMILES string of the molecule is COc1ccc2c(c1)CN(C(=O)C(C)Sc1nnnn1C1CC1)CC2. The molecule has 2 aliphatic rings. The van der Waals surface area contributed by atoms with E-state index in [1.807, 2.05) is 28.6 Å². The van der Waals surface area contributed by atoms with Crippen LogP contribution in [-0.2, 0) is 17.8 Å². The lowest BCUT2D eigenvalue weighted by Gasteiger charge is -2.30. The molecule has 0 radical (unpaired) electrons. The van der Waals surface area contributed by atoms with Crippen molar-refractivity contribution in [2.45, 2.75) is 49.2 Å². The molecule has 1 aliphatic heterocycles. The Bertz CT molecular complexity index is 789. The molecule has 1 atom stereocenters. The van der Waals surface area contributed by atoms with Crippen molar-refractivity contribution in [1.29, 1.82) is 0 Å². The van der Waals surface area contributed by atoms with Crippen LogP contribution in [0.3, 0.4) is 0 Å². The highest BCUT2D eigenvalue weighted by molar-refractivity contribution is 8.00. The Morgan fingerprint density at radius 2 is 2.20 bits per heavy atom. The van der Waals surface area contributed by atoms with Crippen LogP contribution in [0.4, 0.5) is 0 Å². The molecule has 1 unspecified atom stereocenters. The van der Waals surface area contributed by atoms with E-state index >= 15 is 0 Å². The van der Waals surface area contributed by atoms with E-state index in [2.05, 4.69) is 21.6 Å². The first-order valence-corrected chi connectivity index (χ1v) is 9.43. The van der Waals surface area contributed by atoms with Crippen LogP contribution >= 0.6 is 11.8 Å². The second-order valence-electron chi connectivity index (χ2n) is 6.54. The van der Waals surface area contributed by atoms with Gasteiger partial charge in [-0.25, -0.2) is 4.68 Å². The summed E-state index contributed by atoms with van der Waals surface area (Å²) in [7, 11) is 1.66. The summed E-state index contributed by atoms with van der Waals surface area (Å²) in [5.74, 6) is 0.961. The molecule has 25 heavy (non-hydrogen) atoms. The Balaban J connectivity index is 1.44. The quantitative estimate of drug-likeness (QED) is 0.761. The number of thioether (sulfide) groups is 1. The zero-order valence-corrected chi connectivity index (χ0v) is 15.2. The Labute approximate surface area is 150 Å². The summed E-state index contributed by atoms with van der Waals surface area (Å²) in [6.45, 7) is 3.31. The second-order valence-corrected chi connectivity index (χ2v) is 7.85. The van der Waals surface area contributed by atoms with Crippen molar-refractivity contribution in [3.05, 3.63) is 29.3 Å². The molecule has 4 rings (SSSR count). The number of carbonyl (C=O) groups is 1. The van der Waals surface area contributed by atoms with Crippen LogP contribution in [0, 0.1) is 0 Å². The van der Waals surface area contributed by atoms with E-state index < -0.39 is 0 Å². The summed E-state index contributed by atoms with van der Waals surface area (Å²) < 4.78 is 7.15. The van der Waals surface area contributed by atoms with Crippen molar-refractivity contribution in [2.24, 2.45) is 0 Å². The number of amides is 1. The fraction of sp³-hybridized carbons (Fsp3) is 0.529. The standard InChI is InChI=1S/C17H21N5O2S/c1-11(25-17-18-19-20-22(17)14-4-5-14)16(23)21-8-7-12-3-6-15(24-2)9-13(12)10-21/h3,6,9,11,14H,4-5,7-8,10H2,1-2H3. The molecular weight excluding hydrogens is 338 g/mol. The third-order valence-electron chi connectivity index (χ3n) is 4.72. The summed E-state index contributed by atoms with van der Waals surface area (Å²) in [5, 5.41) is 12.4. The van der Waals surface area contributed by atoms with Gasteiger partial charge in [0.1, 0.15) is 5.75 Å². The van der Waals surface area contributed by atoms with Gasteiger partial charge in [-0.1, -0.05) is 17.8 Å². The number of carbonyl (C=O) groups excluding carboxylic acids is 1. The number of rotatable bonds is 5. The Morgan fingerprint density at radius 1 is 1.36 bits per heavy atom. The number of methoxy groups -OCH3 is 1. The van der Waals surface area contributed by atoms with Crippen LogP contribution < -0.4 is 4.74 Å². The first-order valence-electron chi connectivity index (χ1n) is 8.55. The van der Waals surface area contributed by atoms with Crippen molar-refractivity contribution in [3.8, 4) is 5.75 Å². The molecule has 8 heteroatoms. The molecule has 132 valence electrons. The summed E-state index contributed by atoms with van der Waals surface area (Å²) >= 11 is 1.45. The van der Waals surface area contributed by atoms with E-state index in [1.165, 1.54) is 22.9 Å². The average molecular weight is 359 g/mol. The van der Waals surface area contributed by atoms with Crippen LogP contribution in [0.2, 0.25) is 0 Å². The predicted octanol–water partition coefficient (Wildman–Crippen LogP) is 2.08. The Kier molecular flexibility index (Phi) is 4.37. The topological polar surface area (TPSA) is 73.1 Å². The minimum Gasteiger partial charge on any atom is -0.497 e. The first-order chi connectivity index (χ1) is 12.2. The zero-order chi connectivity index (χ0) is 17.4. The van der Waals surface area contributed by atoms with Crippen LogP contribution in [0.1, 0.15) is 36.9 Å². The monoisotopic (exact) mass is 359 g/mol. The number of hydrogen-bond acceptors (Lipinski definition) is 6. The number of aromatic nitrogens is 4. The first kappa shape index (κ1) is 16.4. The van der Waals surface area contributed by atoms with Gasteiger partial charge < -0.3 is 9.64 Å². The Hall–Kier alpha value is -2.09. The maximum absolute atomic E-state index is 12.9. The summed E-state index contributed by atoms with van der Waals surface area (Å²) in [5.41, 5.74) is 2.46. The molecule has 1 aromatic heterocycles. The van der Waals surface area contributed by atoms with Gasteiger partial charge in [-0.05, 0) is 59.9 Å². The van der Waals surface area contributed by atoms with E-state index in [-0.39, 0.29) is 11.2 Å². The minimum absolute atomic E-state index is 0.129. The summed E-state index contributed by atoms with van der Waals surface area (Å²) in [4.78, 5) is 14.8. The maximum atomic E-state index is 12.9. The van der Waals surface area contributed by atoms with Gasteiger partial charge in [0.2, 0.25) is 11.1 Å². The van der Waals surface area contributed by atoms with E-state index in [9.17, 15) is 4.79 Å². The lowest BCUT2D eigenvalue weighted by molar-refractivity contribution is -0.131. The van der Waals surface area contributed by atoms with Crippen LogP contribution in [0.15, 0.2) is 23.4 Å². The number of tetrazole rings is 1. The van der Waals surface area contributed by atoms with Crippen molar-refractivity contribution in [2.75, 3.05) is 13.7 Å². The van der Waals surface area contributed by atoms with Crippen LogP contribution in [-0.4, -0.2) is 49.9 Å². The third-order valence-corrected chi connectivity index (χ3v) is 5.76. The molecular formula is C17H21N5O2S. The second kappa shape index (κ2) is 6.67. The number of nitrogens with zero attached hydrogens (tertiary/aromatic N) is 5. The van der Waals surface area contributed by atoms with Crippen molar-refractivity contribution in [3.63, 3.8) is 0 Å². The van der Waals surface area contributed by atoms with Gasteiger partial charge in [0.25, 0.3) is 0 Å². The third kappa shape index (κ3) is 3.35. The van der Waals surface area contributed by atoms with Crippen LogP contribution in [0.25, 0.3) is 0 Å². The normalized spacial score (nSPS) is 17.9. The predicted molar refractivity (Wildman–Crippen MR) is 93.5 cm³/mol. The van der Waals surface area contributed by atoms with E-state index in [1.54, 1.807) is 7.11 Å². The zero-order valence-electron chi connectivity index (χ0n) is 14.4. The molecule has 2 aromatic rings. The molecule has 1 amide bonds. The highest BCUT2D eigenvalue weighted by Gasteiger charge is 2.31. The molecule has 0 bridgehead atoms. The smallest absolute Gasteiger partial charge is 0.236 e. The molecule has 1 aliphatic carbocycles. The van der Waals surface area contributed by atoms with Gasteiger partial charge >= 0.3 is 0 Å². The van der Waals surface area contributed by atoms with E-state index in [4.69, 9.17) is 4.74 Å². The van der Waals surface area contributed by atoms with E-state index in [0.717, 1.165) is 36.7 Å². The molecule has 0 N–H and O–H groups in total. The van der Waals surface area contributed by atoms with Gasteiger partial charge in [0, 0.05) is 13.1 Å². The number of hydrogen-bond donors (Lipinski definition) is 0. The van der Waals surface area contributed by atoms with Gasteiger partial charge in [-0.15, -0.1) is 5.10 Å². The molecule has 0 spiro atoms. The van der Waals surface area contributed by atoms with Gasteiger partial charge in [-0.3, -0.25) is 4.79 Å². The number of benzene rings is 1. The van der Waals surface area contributed by atoms with Crippen molar-refractivity contribution >= 4 is 17.7 Å². The molecule has 1 aromatic carbocycles. The summed E-state index contributed by atoms with van der Waals surface area (Å²) in [6.07, 6.45) is 3.11. The van der Waals surface area contributed by atoms with E-state index in [0.29, 0.717) is 12.6 Å². The number of fused-ring (bicyclic) bond motifs is 1. The van der Waals surface area contributed by atoms with Crippen molar-refractivity contribution in [1.82, 2.24) is 25.1 Å². The fourth-order valence-electron chi connectivity index (χ4n) is 3.13. The lowest BCUT2D eigenvalue weighted by atomic mass is 9.99. The van der Waals surface area contributed by atoms with Crippen LogP contribution in [0.5, 0.6) is 5.75 Å². The molecule has 1 fully saturated rings. The molecule has 2 heterocycles. The van der Waals surface area contributed by atoms with Gasteiger partial charge in [0.15, 0.2) is 0 Å². The molecule has 7 nitrogen and oxygen atoms in total. The highest BCUT2D eigenvalue weighted by Crippen LogP contribution is 2.37. The number of ether oxygens (including phenoxy) is 1. The minimum atomic E-state index is -0.212.